The van der Waals surface area contributed by atoms with Gasteiger partial charge in [-0.2, -0.15) is 0 Å². The van der Waals surface area contributed by atoms with Crippen molar-refractivity contribution in [1.29, 1.82) is 0 Å². The van der Waals surface area contributed by atoms with Crippen LogP contribution in [0, 0.1) is 5.92 Å². The third kappa shape index (κ3) is 2.05. The van der Waals surface area contributed by atoms with Gasteiger partial charge in [0.05, 0.1) is 10.2 Å². The average molecular weight is 240 g/mol. The Morgan fingerprint density at radius 1 is 1.56 bits per heavy atom. The molecule has 2 nitrogen and oxygen atoms in total. The van der Waals surface area contributed by atoms with E-state index in [0.29, 0.717) is 16.1 Å². The molecule has 1 aliphatic rings. The van der Waals surface area contributed by atoms with Crippen LogP contribution >= 0.6 is 22.6 Å². The smallest absolute Gasteiger partial charge is 0.0732 e. The van der Waals surface area contributed by atoms with Crippen molar-refractivity contribution in [3.05, 3.63) is 0 Å². The van der Waals surface area contributed by atoms with Gasteiger partial charge in [-0.3, -0.25) is 10.6 Å². The van der Waals surface area contributed by atoms with Crippen LogP contribution in [0.2, 0.25) is 0 Å². The lowest BCUT2D eigenvalue weighted by atomic mass is 10.2. The van der Waals surface area contributed by atoms with Crippen LogP contribution in [0.1, 0.15) is 13.8 Å². The summed E-state index contributed by atoms with van der Waals surface area (Å²) in [7, 11) is 0. The van der Waals surface area contributed by atoms with Gasteiger partial charge in [-0.25, -0.2) is 0 Å². The van der Waals surface area contributed by atoms with Crippen LogP contribution in [0.3, 0.4) is 0 Å². The summed E-state index contributed by atoms with van der Waals surface area (Å²) in [5.41, 5.74) is 0. The fraction of sp³-hybridized carbons (Fsp3) is 1.00. The summed E-state index contributed by atoms with van der Waals surface area (Å²) in [6, 6.07) is 0. The van der Waals surface area contributed by atoms with E-state index < -0.39 is 0 Å². The fourth-order valence-electron chi connectivity index (χ4n) is 0.971. The molecule has 1 heterocycles. The van der Waals surface area contributed by atoms with E-state index >= 15 is 0 Å². The lowest BCUT2D eigenvalue weighted by Gasteiger charge is -2.14. The maximum absolute atomic E-state index is 3.43. The molecule has 1 aliphatic heterocycles. The molecule has 2 N–H and O–H groups in total. The minimum absolute atomic E-state index is 0.534. The van der Waals surface area contributed by atoms with Gasteiger partial charge < -0.3 is 0 Å². The van der Waals surface area contributed by atoms with E-state index in [0.717, 1.165) is 6.54 Å². The predicted molar refractivity (Wildman–Crippen MR) is 47.6 cm³/mol. The van der Waals surface area contributed by atoms with Crippen molar-refractivity contribution >= 4 is 22.6 Å². The molecule has 9 heavy (non-hydrogen) atoms. The Labute approximate surface area is 69.9 Å². The molecular weight excluding hydrogens is 227 g/mol. The van der Waals surface area contributed by atoms with Crippen LogP contribution in [-0.4, -0.2) is 16.8 Å². The van der Waals surface area contributed by atoms with Gasteiger partial charge >= 0.3 is 0 Å². The Kier molecular flexibility index (Phi) is 2.73. The quantitative estimate of drug-likeness (QED) is 0.404. The summed E-state index contributed by atoms with van der Waals surface area (Å²) < 4.78 is 0.620. The largest absolute Gasteiger partial charge is 0.299 e. The van der Waals surface area contributed by atoms with Crippen molar-refractivity contribution in [3.8, 4) is 0 Å². The number of nitrogens with one attached hydrogen (secondary N) is 2. The first-order valence-electron chi connectivity index (χ1n) is 3.33. The highest BCUT2D eigenvalue weighted by atomic mass is 127. The number of hydrogen-bond acceptors (Lipinski definition) is 2. The summed E-state index contributed by atoms with van der Waals surface area (Å²) in [6.45, 7) is 5.54. The molecule has 2 unspecified atom stereocenters. The first-order valence-corrected chi connectivity index (χ1v) is 4.58. The van der Waals surface area contributed by atoms with Crippen LogP contribution < -0.4 is 10.6 Å². The molecule has 0 bridgehead atoms. The molecule has 0 saturated carbocycles. The van der Waals surface area contributed by atoms with Crippen molar-refractivity contribution in [2.75, 3.05) is 6.54 Å². The van der Waals surface area contributed by atoms with Gasteiger partial charge in [-0.15, -0.1) is 0 Å². The zero-order valence-electron chi connectivity index (χ0n) is 5.82. The van der Waals surface area contributed by atoms with Crippen molar-refractivity contribution in [1.82, 2.24) is 10.6 Å². The Balaban J connectivity index is 2.30. The van der Waals surface area contributed by atoms with E-state index in [1.165, 1.54) is 0 Å². The molecular formula is C6H13IN2. The summed E-state index contributed by atoms with van der Waals surface area (Å²) in [5, 5.41) is 6.82. The molecule has 0 radical (unpaired) electrons. The molecule has 1 rings (SSSR count). The van der Waals surface area contributed by atoms with Crippen molar-refractivity contribution in [2.45, 2.75) is 24.1 Å². The Bertz CT molecular complexity index is 95.1. The topological polar surface area (TPSA) is 24.1 Å². The van der Waals surface area contributed by atoms with Crippen LogP contribution in [0.5, 0.6) is 0 Å². The van der Waals surface area contributed by atoms with Crippen LogP contribution in [0.4, 0.5) is 0 Å². The normalized spacial score (nSPS) is 36.0. The molecule has 1 saturated heterocycles. The molecule has 1 fully saturated rings. The Morgan fingerprint density at radius 2 is 2.22 bits per heavy atom. The van der Waals surface area contributed by atoms with Crippen molar-refractivity contribution in [3.63, 3.8) is 0 Å². The van der Waals surface area contributed by atoms with Gasteiger partial charge in [0.1, 0.15) is 0 Å². The summed E-state index contributed by atoms with van der Waals surface area (Å²) in [5.74, 6) is 0.699. The van der Waals surface area contributed by atoms with Crippen molar-refractivity contribution in [2.24, 2.45) is 5.92 Å². The van der Waals surface area contributed by atoms with Gasteiger partial charge in [-0.1, -0.05) is 36.4 Å². The third-order valence-corrected chi connectivity index (χ3v) is 2.34. The zero-order valence-corrected chi connectivity index (χ0v) is 7.97. The van der Waals surface area contributed by atoms with Crippen LogP contribution in [0.25, 0.3) is 0 Å². The maximum Gasteiger partial charge on any atom is 0.0732 e. The van der Waals surface area contributed by atoms with E-state index in [9.17, 15) is 0 Å². The van der Waals surface area contributed by atoms with Gasteiger partial charge in [0.15, 0.2) is 0 Å². The zero-order chi connectivity index (χ0) is 6.85. The second-order valence-corrected chi connectivity index (χ2v) is 4.27. The highest BCUT2D eigenvalue weighted by Gasteiger charge is 2.22. The minimum atomic E-state index is 0.534. The van der Waals surface area contributed by atoms with E-state index in [2.05, 4.69) is 47.1 Å². The second-order valence-electron chi connectivity index (χ2n) is 2.76. The average Bonchev–Trinajstić information content (AvgIpc) is 2.14. The maximum atomic E-state index is 3.43. The van der Waals surface area contributed by atoms with Crippen molar-refractivity contribution < 1.29 is 0 Å². The molecule has 54 valence electrons. The molecule has 0 aromatic carbocycles. The van der Waals surface area contributed by atoms with Gasteiger partial charge in [-0.05, 0) is 5.92 Å². The number of halogens is 1. The first-order chi connectivity index (χ1) is 4.20. The van der Waals surface area contributed by atoms with Gasteiger partial charge in [0.25, 0.3) is 0 Å². The molecule has 0 aliphatic carbocycles. The van der Waals surface area contributed by atoms with E-state index in [-0.39, 0.29) is 0 Å². The van der Waals surface area contributed by atoms with Crippen LogP contribution in [0.15, 0.2) is 0 Å². The molecule has 2 atom stereocenters. The summed E-state index contributed by atoms with van der Waals surface area (Å²) >= 11 is 2.41. The van der Waals surface area contributed by atoms with Crippen LogP contribution in [-0.2, 0) is 0 Å². The summed E-state index contributed by atoms with van der Waals surface area (Å²) in [4.78, 5) is 0. The first kappa shape index (κ1) is 7.75. The minimum Gasteiger partial charge on any atom is -0.299 e. The SMILES string of the molecule is CC(C)C1NCC(I)N1. The Morgan fingerprint density at radius 3 is 2.44 bits per heavy atom. The fourth-order valence-corrected chi connectivity index (χ4v) is 1.61. The number of rotatable bonds is 1. The molecule has 3 heteroatoms. The highest BCUT2D eigenvalue weighted by molar-refractivity contribution is 14.1. The van der Waals surface area contributed by atoms with E-state index in [4.69, 9.17) is 0 Å². The summed E-state index contributed by atoms with van der Waals surface area (Å²) in [6.07, 6.45) is 0.534. The lowest BCUT2D eigenvalue weighted by molar-refractivity contribution is 0.415. The lowest BCUT2D eigenvalue weighted by Crippen LogP contribution is -2.36. The predicted octanol–water partition coefficient (Wildman–Crippen LogP) is 0.922. The standard InChI is InChI=1S/C6H13IN2/c1-4(2)6-8-3-5(7)9-6/h4-6,8-9H,3H2,1-2H3. The molecule has 0 spiro atoms. The van der Waals surface area contributed by atoms with E-state index in [1.54, 1.807) is 0 Å². The Hall–Kier alpha value is 0.650. The van der Waals surface area contributed by atoms with Gasteiger partial charge in [0.2, 0.25) is 0 Å². The molecule has 0 amide bonds. The monoisotopic (exact) mass is 240 g/mol. The second kappa shape index (κ2) is 3.16. The number of alkyl halides is 1. The number of hydrogen-bond donors (Lipinski definition) is 2. The third-order valence-electron chi connectivity index (χ3n) is 1.54. The van der Waals surface area contributed by atoms with E-state index in [1.807, 2.05) is 0 Å². The van der Waals surface area contributed by atoms with Gasteiger partial charge in [0, 0.05) is 6.54 Å². The highest BCUT2D eigenvalue weighted by Crippen LogP contribution is 2.08. The molecule has 0 aromatic heterocycles. The molecule has 0 aromatic rings.